The van der Waals surface area contributed by atoms with E-state index in [0.717, 1.165) is 3.57 Å². The van der Waals surface area contributed by atoms with Crippen LogP contribution < -0.4 is 5.32 Å². The van der Waals surface area contributed by atoms with Gasteiger partial charge >= 0.3 is 5.97 Å². The largest absolute Gasteiger partial charge is 0.480 e. The minimum atomic E-state index is -1.18. The van der Waals surface area contributed by atoms with Crippen LogP contribution in [0.1, 0.15) is 18.9 Å². The minimum Gasteiger partial charge on any atom is -0.480 e. The van der Waals surface area contributed by atoms with E-state index in [1.807, 2.05) is 29.5 Å². The molecule has 3 unspecified atom stereocenters. The maximum Gasteiger partial charge on any atom is 0.326 e. The number of amides is 1. The first-order chi connectivity index (χ1) is 10.4. The lowest BCUT2D eigenvalue weighted by Crippen LogP contribution is -2.45. The Hall–Kier alpha value is -1.22. The Morgan fingerprint density at radius 1 is 1.55 bits per heavy atom. The van der Waals surface area contributed by atoms with Crippen molar-refractivity contribution in [2.24, 2.45) is 5.92 Å². The van der Waals surface area contributed by atoms with Crippen molar-refractivity contribution in [2.45, 2.75) is 31.9 Å². The molecule has 1 amide bonds. The lowest BCUT2D eigenvalue weighted by atomic mass is 10.0. The molecule has 1 fully saturated rings. The van der Waals surface area contributed by atoms with Gasteiger partial charge in [0.05, 0.1) is 18.6 Å². The average Bonchev–Trinajstić information content (AvgIpc) is 2.88. The lowest BCUT2D eigenvalue weighted by Gasteiger charge is -2.17. The summed E-state index contributed by atoms with van der Waals surface area (Å²) in [5.74, 6) is -2.36. The second-order valence-electron chi connectivity index (χ2n) is 5.42. The molecule has 3 atom stereocenters. The molecule has 1 aromatic carbocycles. The molecular formula is C15H17FINO4. The molecule has 1 heterocycles. The summed E-state index contributed by atoms with van der Waals surface area (Å²) >= 11 is 2.03. The third kappa shape index (κ3) is 4.39. The number of carboxylic acids is 1. The van der Waals surface area contributed by atoms with E-state index in [1.54, 1.807) is 12.1 Å². The quantitative estimate of drug-likeness (QED) is 0.714. The van der Waals surface area contributed by atoms with Crippen LogP contribution in [0.4, 0.5) is 4.39 Å². The Morgan fingerprint density at radius 3 is 2.86 bits per heavy atom. The number of hydrogen-bond donors (Lipinski definition) is 2. The topological polar surface area (TPSA) is 75.6 Å². The number of benzene rings is 1. The van der Waals surface area contributed by atoms with Gasteiger partial charge in [-0.15, -0.1) is 0 Å². The van der Waals surface area contributed by atoms with Crippen LogP contribution >= 0.6 is 22.6 Å². The van der Waals surface area contributed by atoms with Crippen molar-refractivity contribution in [1.29, 1.82) is 0 Å². The van der Waals surface area contributed by atoms with Gasteiger partial charge in [-0.05, 0) is 59.7 Å². The van der Waals surface area contributed by atoms with E-state index < -0.39 is 17.8 Å². The fourth-order valence-corrected chi connectivity index (χ4v) is 2.96. The molecule has 1 aliphatic heterocycles. The highest BCUT2D eigenvalue weighted by atomic mass is 127. The zero-order valence-electron chi connectivity index (χ0n) is 12.0. The molecule has 0 aliphatic carbocycles. The Labute approximate surface area is 141 Å². The van der Waals surface area contributed by atoms with Gasteiger partial charge in [0.15, 0.2) is 0 Å². The predicted molar refractivity (Wildman–Crippen MR) is 85.9 cm³/mol. The maximum atomic E-state index is 13.8. The lowest BCUT2D eigenvalue weighted by molar-refractivity contribution is -0.142. The normalized spacial score (nSPS) is 22.3. The SMILES string of the molecule is CC1CC(C(=O)NC(Cc2cc(I)ccc2F)C(=O)O)CO1. The second-order valence-corrected chi connectivity index (χ2v) is 6.66. The highest BCUT2D eigenvalue weighted by molar-refractivity contribution is 14.1. The fourth-order valence-electron chi connectivity index (χ4n) is 2.41. The van der Waals surface area contributed by atoms with Gasteiger partial charge in [0.25, 0.3) is 0 Å². The zero-order valence-corrected chi connectivity index (χ0v) is 14.2. The van der Waals surface area contributed by atoms with E-state index in [1.165, 1.54) is 6.07 Å². The van der Waals surface area contributed by atoms with E-state index in [-0.39, 0.29) is 36.5 Å². The van der Waals surface area contributed by atoms with E-state index in [2.05, 4.69) is 5.32 Å². The molecule has 1 saturated heterocycles. The number of halogens is 2. The Bertz CT molecular complexity index is 581. The van der Waals surface area contributed by atoms with Gasteiger partial charge < -0.3 is 15.2 Å². The molecule has 1 aliphatic rings. The van der Waals surface area contributed by atoms with Crippen LogP contribution in [0.5, 0.6) is 0 Å². The summed E-state index contributed by atoms with van der Waals surface area (Å²) in [6.45, 7) is 2.15. The number of ether oxygens (including phenoxy) is 1. The van der Waals surface area contributed by atoms with Gasteiger partial charge in [0.1, 0.15) is 11.9 Å². The van der Waals surface area contributed by atoms with Crippen LogP contribution in [0.3, 0.4) is 0 Å². The summed E-state index contributed by atoms with van der Waals surface area (Å²) in [6.07, 6.45) is 0.468. The average molecular weight is 421 g/mol. The van der Waals surface area contributed by atoms with Gasteiger partial charge in [-0.25, -0.2) is 9.18 Å². The number of carbonyl (C=O) groups is 2. The molecule has 0 aromatic heterocycles. The molecule has 2 rings (SSSR count). The Balaban J connectivity index is 2.05. The molecule has 0 radical (unpaired) electrons. The number of hydrogen-bond acceptors (Lipinski definition) is 3. The summed E-state index contributed by atoms with van der Waals surface area (Å²) in [5, 5.41) is 11.8. The highest BCUT2D eigenvalue weighted by Gasteiger charge is 2.31. The van der Waals surface area contributed by atoms with Gasteiger partial charge in [0, 0.05) is 9.99 Å². The van der Waals surface area contributed by atoms with Crippen molar-refractivity contribution >= 4 is 34.5 Å². The van der Waals surface area contributed by atoms with Gasteiger partial charge in [-0.3, -0.25) is 4.79 Å². The number of rotatable bonds is 5. The number of aliphatic carboxylic acids is 1. The summed E-state index contributed by atoms with van der Waals surface area (Å²) in [4.78, 5) is 23.4. The van der Waals surface area contributed by atoms with E-state index in [4.69, 9.17) is 4.74 Å². The summed E-state index contributed by atoms with van der Waals surface area (Å²) in [7, 11) is 0. The molecule has 22 heavy (non-hydrogen) atoms. The van der Waals surface area contributed by atoms with Gasteiger partial charge in [-0.1, -0.05) is 0 Å². The molecule has 0 bridgehead atoms. The van der Waals surface area contributed by atoms with Crippen LogP contribution in [-0.2, 0) is 20.7 Å². The van der Waals surface area contributed by atoms with Crippen LogP contribution in [-0.4, -0.2) is 35.7 Å². The van der Waals surface area contributed by atoms with Crippen LogP contribution in [0.2, 0.25) is 0 Å². The Kier molecular flexibility index (Phi) is 5.74. The number of carboxylic acid groups (broad SMARTS) is 1. The van der Waals surface area contributed by atoms with E-state index in [0.29, 0.717) is 6.42 Å². The fraction of sp³-hybridized carbons (Fsp3) is 0.467. The van der Waals surface area contributed by atoms with E-state index in [9.17, 15) is 19.1 Å². The molecule has 0 spiro atoms. The standard InChI is InChI=1S/C15H17FINO4/c1-8-4-10(7-22-8)14(19)18-13(15(20)21)6-9-5-11(17)2-3-12(9)16/h2-3,5,8,10,13H,4,6-7H2,1H3,(H,18,19)(H,20,21). The second kappa shape index (κ2) is 7.36. The van der Waals surface area contributed by atoms with Crippen LogP contribution in [0.25, 0.3) is 0 Å². The first kappa shape index (κ1) is 17.1. The summed E-state index contributed by atoms with van der Waals surface area (Å²) in [5.41, 5.74) is 0.274. The molecule has 0 saturated carbocycles. The third-order valence-corrected chi connectivity index (χ3v) is 4.29. The molecule has 1 aromatic rings. The predicted octanol–water partition coefficient (Wildman–Crippen LogP) is 1.97. The molecule has 2 N–H and O–H groups in total. The van der Waals surface area contributed by atoms with Crippen molar-refractivity contribution in [3.05, 3.63) is 33.1 Å². The number of carbonyl (C=O) groups excluding carboxylic acids is 1. The third-order valence-electron chi connectivity index (χ3n) is 3.62. The zero-order chi connectivity index (χ0) is 16.3. The van der Waals surface area contributed by atoms with Gasteiger partial charge in [0.2, 0.25) is 5.91 Å². The van der Waals surface area contributed by atoms with Crippen molar-refractivity contribution in [1.82, 2.24) is 5.32 Å². The molecular weight excluding hydrogens is 404 g/mol. The van der Waals surface area contributed by atoms with Crippen LogP contribution in [0, 0.1) is 15.3 Å². The Morgan fingerprint density at radius 2 is 2.27 bits per heavy atom. The summed E-state index contributed by atoms with van der Waals surface area (Å²) < 4.78 is 19.9. The van der Waals surface area contributed by atoms with Crippen molar-refractivity contribution in [3.8, 4) is 0 Å². The summed E-state index contributed by atoms with van der Waals surface area (Å²) in [6, 6.07) is 3.32. The first-order valence-corrected chi connectivity index (χ1v) is 8.03. The molecule has 120 valence electrons. The van der Waals surface area contributed by atoms with Crippen molar-refractivity contribution in [3.63, 3.8) is 0 Å². The highest BCUT2D eigenvalue weighted by Crippen LogP contribution is 2.20. The monoisotopic (exact) mass is 421 g/mol. The van der Waals surface area contributed by atoms with Gasteiger partial charge in [-0.2, -0.15) is 0 Å². The van der Waals surface area contributed by atoms with E-state index >= 15 is 0 Å². The number of nitrogens with one attached hydrogen (secondary N) is 1. The van der Waals surface area contributed by atoms with Crippen LogP contribution in [0.15, 0.2) is 18.2 Å². The maximum absolute atomic E-state index is 13.8. The molecule has 5 nitrogen and oxygen atoms in total. The smallest absolute Gasteiger partial charge is 0.326 e. The minimum absolute atomic E-state index is 0.00725. The van der Waals surface area contributed by atoms with Crippen molar-refractivity contribution < 1.29 is 23.8 Å². The molecule has 7 heteroatoms. The first-order valence-electron chi connectivity index (χ1n) is 6.95. The van der Waals surface area contributed by atoms with Crippen molar-refractivity contribution in [2.75, 3.05) is 6.61 Å².